The molecule has 0 radical (unpaired) electrons. The Morgan fingerprint density at radius 2 is 2.20 bits per heavy atom. The Bertz CT molecular complexity index is 609. The van der Waals surface area contributed by atoms with Crippen LogP contribution in [0.3, 0.4) is 0 Å². The number of carbonyl (C=O) groups is 1. The van der Waals surface area contributed by atoms with Gasteiger partial charge in [-0.1, -0.05) is 20.8 Å². The van der Waals surface area contributed by atoms with E-state index in [9.17, 15) is 9.90 Å². The average Bonchev–Trinajstić information content (AvgIpc) is 2.81. The molecule has 0 aromatic carbocycles. The van der Waals surface area contributed by atoms with Gasteiger partial charge in [0, 0.05) is 4.88 Å². The number of fused-ring (bicyclic) bond motifs is 1. The number of hydrogen-bond acceptors (Lipinski definition) is 5. The van der Waals surface area contributed by atoms with Gasteiger partial charge in [-0.15, -0.1) is 11.3 Å². The van der Waals surface area contributed by atoms with E-state index < -0.39 is 12.0 Å². The van der Waals surface area contributed by atoms with Gasteiger partial charge >= 0.3 is 5.97 Å². The highest BCUT2D eigenvalue weighted by Gasteiger charge is 2.20. The van der Waals surface area contributed by atoms with Crippen LogP contribution in [0.25, 0.3) is 10.2 Å². The highest BCUT2D eigenvalue weighted by Crippen LogP contribution is 2.29. The number of nitrogens with zero attached hydrogens (tertiary/aromatic N) is 2. The third-order valence-corrected chi connectivity index (χ3v) is 4.23. The van der Waals surface area contributed by atoms with Crippen LogP contribution in [0.1, 0.15) is 32.1 Å². The lowest BCUT2D eigenvalue weighted by atomic mass is 10.0. The first-order chi connectivity index (χ1) is 9.51. The Morgan fingerprint density at radius 1 is 1.45 bits per heavy atom. The number of carboxylic acids is 1. The zero-order valence-electron chi connectivity index (χ0n) is 11.9. The number of hydrogen-bond donors (Lipinski definition) is 2. The summed E-state index contributed by atoms with van der Waals surface area (Å²) in [6, 6.07) is 1.41. The van der Waals surface area contributed by atoms with Gasteiger partial charge in [-0.05, 0) is 24.8 Å². The minimum Gasteiger partial charge on any atom is -0.480 e. The molecule has 2 rings (SSSR count). The van der Waals surface area contributed by atoms with Gasteiger partial charge in [0.25, 0.3) is 0 Å². The summed E-state index contributed by atoms with van der Waals surface area (Å²) in [6.45, 7) is 6.10. The molecule has 0 bridgehead atoms. The van der Waals surface area contributed by atoms with E-state index >= 15 is 0 Å². The van der Waals surface area contributed by atoms with E-state index in [0.717, 1.165) is 16.6 Å². The maximum atomic E-state index is 11.3. The second-order valence-electron chi connectivity index (χ2n) is 5.17. The van der Waals surface area contributed by atoms with Crippen LogP contribution in [-0.2, 0) is 11.2 Å². The van der Waals surface area contributed by atoms with Crippen LogP contribution in [0.2, 0.25) is 0 Å². The lowest BCUT2D eigenvalue weighted by Gasteiger charge is -2.17. The predicted octanol–water partition coefficient (Wildman–Crippen LogP) is 3.16. The highest BCUT2D eigenvalue weighted by atomic mass is 32.1. The number of anilines is 1. The topological polar surface area (TPSA) is 75.1 Å². The third-order valence-electron chi connectivity index (χ3n) is 3.05. The monoisotopic (exact) mass is 293 g/mol. The number of nitrogens with one attached hydrogen (secondary N) is 1. The summed E-state index contributed by atoms with van der Waals surface area (Å²) in [5.74, 6) is 0.0602. The van der Waals surface area contributed by atoms with Crippen LogP contribution in [0.15, 0.2) is 12.4 Å². The second-order valence-corrected chi connectivity index (χ2v) is 6.29. The van der Waals surface area contributed by atoms with E-state index in [-0.39, 0.29) is 0 Å². The quantitative estimate of drug-likeness (QED) is 0.855. The van der Waals surface area contributed by atoms with Crippen LogP contribution in [0, 0.1) is 5.92 Å². The lowest BCUT2D eigenvalue weighted by molar-refractivity contribution is -0.138. The summed E-state index contributed by atoms with van der Waals surface area (Å²) in [5, 5.41) is 13.3. The third kappa shape index (κ3) is 3.25. The Hall–Kier alpha value is -1.69. The Kier molecular flexibility index (Phi) is 4.54. The van der Waals surface area contributed by atoms with Gasteiger partial charge in [0.2, 0.25) is 0 Å². The van der Waals surface area contributed by atoms with Crippen molar-refractivity contribution < 1.29 is 9.90 Å². The van der Waals surface area contributed by atoms with Crippen molar-refractivity contribution in [1.82, 2.24) is 9.97 Å². The number of carboxylic acid groups (broad SMARTS) is 1. The molecule has 0 unspecified atom stereocenters. The van der Waals surface area contributed by atoms with Gasteiger partial charge in [0.1, 0.15) is 23.0 Å². The zero-order chi connectivity index (χ0) is 14.7. The van der Waals surface area contributed by atoms with Gasteiger partial charge in [-0.3, -0.25) is 0 Å². The molecule has 1 atom stereocenters. The highest BCUT2D eigenvalue weighted by molar-refractivity contribution is 7.18. The molecule has 5 nitrogen and oxygen atoms in total. The first kappa shape index (κ1) is 14.7. The molecule has 0 amide bonds. The molecule has 2 N–H and O–H groups in total. The maximum Gasteiger partial charge on any atom is 0.326 e. The Balaban J connectivity index is 2.31. The van der Waals surface area contributed by atoms with Crippen LogP contribution >= 0.6 is 11.3 Å². The van der Waals surface area contributed by atoms with Crippen LogP contribution in [-0.4, -0.2) is 27.1 Å². The molecule has 0 saturated carbocycles. The van der Waals surface area contributed by atoms with Gasteiger partial charge in [-0.2, -0.15) is 0 Å². The number of rotatable bonds is 6. The van der Waals surface area contributed by atoms with Crippen molar-refractivity contribution >= 4 is 33.3 Å². The normalized spacial score (nSPS) is 12.8. The van der Waals surface area contributed by atoms with Gasteiger partial charge in [0.05, 0.1) is 5.39 Å². The van der Waals surface area contributed by atoms with Crippen LogP contribution < -0.4 is 5.32 Å². The van der Waals surface area contributed by atoms with Gasteiger partial charge in [0.15, 0.2) is 0 Å². The summed E-state index contributed by atoms with van der Waals surface area (Å²) < 4.78 is 0. The predicted molar refractivity (Wildman–Crippen MR) is 81.3 cm³/mol. The van der Waals surface area contributed by atoms with Gasteiger partial charge < -0.3 is 10.4 Å². The van der Waals surface area contributed by atoms with Crippen LogP contribution in [0.4, 0.5) is 5.82 Å². The van der Waals surface area contributed by atoms with Crippen molar-refractivity contribution in [3.8, 4) is 0 Å². The van der Waals surface area contributed by atoms with E-state index in [4.69, 9.17) is 0 Å². The van der Waals surface area contributed by atoms with Crippen molar-refractivity contribution in [1.29, 1.82) is 0 Å². The van der Waals surface area contributed by atoms with Gasteiger partial charge in [-0.25, -0.2) is 14.8 Å². The second kappa shape index (κ2) is 6.17. The van der Waals surface area contributed by atoms with Crippen molar-refractivity contribution in [2.24, 2.45) is 5.92 Å². The molecule has 0 fully saturated rings. The summed E-state index contributed by atoms with van der Waals surface area (Å²) in [4.78, 5) is 21.9. The van der Waals surface area contributed by atoms with E-state index in [0.29, 0.717) is 18.2 Å². The molecule has 0 saturated heterocycles. The zero-order valence-corrected chi connectivity index (χ0v) is 12.7. The largest absolute Gasteiger partial charge is 0.480 e. The molecular formula is C14H19N3O2S. The lowest BCUT2D eigenvalue weighted by Crippen LogP contribution is -2.31. The Labute approximate surface area is 122 Å². The number of aliphatic carboxylic acids is 1. The molecule has 0 aliphatic carbocycles. The summed E-state index contributed by atoms with van der Waals surface area (Å²) >= 11 is 1.62. The van der Waals surface area contributed by atoms with Crippen LogP contribution in [0.5, 0.6) is 0 Å². The smallest absolute Gasteiger partial charge is 0.326 e. The first-order valence-electron chi connectivity index (χ1n) is 6.74. The number of aryl methyl sites for hydroxylation is 1. The van der Waals surface area contributed by atoms with Crippen molar-refractivity contribution in [2.75, 3.05) is 5.32 Å². The standard InChI is InChI=1S/C14H19N3O2S/c1-4-9-6-10-12(15-7-16-13(10)20-9)17-11(14(18)19)5-8(2)3/h6-8,11H,4-5H2,1-3H3,(H,18,19)(H,15,16,17)/t11-/m0/s1. The molecule has 6 heteroatoms. The molecule has 2 aromatic heterocycles. The van der Waals surface area contributed by atoms with E-state index in [1.807, 2.05) is 19.9 Å². The minimum absolute atomic E-state index is 0.301. The molecule has 20 heavy (non-hydrogen) atoms. The summed E-state index contributed by atoms with van der Waals surface area (Å²) in [6.07, 6.45) is 2.98. The van der Waals surface area contributed by atoms with Crippen molar-refractivity contribution in [3.05, 3.63) is 17.3 Å². The van der Waals surface area contributed by atoms with Crippen molar-refractivity contribution in [3.63, 3.8) is 0 Å². The molecule has 2 aromatic rings. The average molecular weight is 293 g/mol. The molecule has 0 aliphatic rings. The van der Waals surface area contributed by atoms with E-state index in [2.05, 4.69) is 22.2 Å². The molecule has 2 heterocycles. The maximum absolute atomic E-state index is 11.3. The first-order valence-corrected chi connectivity index (χ1v) is 7.55. The molecular weight excluding hydrogens is 274 g/mol. The fraction of sp³-hybridized carbons (Fsp3) is 0.500. The van der Waals surface area contributed by atoms with Crippen molar-refractivity contribution in [2.45, 2.75) is 39.7 Å². The van der Waals surface area contributed by atoms with E-state index in [1.54, 1.807) is 11.3 Å². The minimum atomic E-state index is -0.851. The fourth-order valence-corrected chi connectivity index (χ4v) is 2.99. The Morgan fingerprint density at radius 3 is 2.80 bits per heavy atom. The summed E-state index contributed by atoms with van der Waals surface area (Å²) in [7, 11) is 0. The molecule has 0 aliphatic heterocycles. The summed E-state index contributed by atoms with van der Waals surface area (Å²) in [5.41, 5.74) is 0. The fourth-order valence-electron chi connectivity index (χ4n) is 2.05. The molecule has 0 spiro atoms. The SMILES string of the molecule is CCc1cc2c(N[C@@H](CC(C)C)C(=O)O)ncnc2s1. The van der Waals surface area contributed by atoms with E-state index in [1.165, 1.54) is 11.2 Å². The number of thiophene rings is 1. The number of aromatic nitrogens is 2. The molecule has 108 valence electrons.